The minimum absolute atomic E-state index is 0.0494. The third-order valence-corrected chi connectivity index (χ3v) is 3.92. The lowest BCUT2D eigenvalue weighted by Crippen LogP contribution is -2.34. The number of rotatable bonds is 7. The molecular weight excluding hydrogens is 288 g/mol. The van der Waals surface area contributed by atoms with Gasteiger partial charge in [0.1, 0.15) is 6.23 Å². The van der Waals surface area contributed by atoms with Crippen LogP contribution < -0.4 is 0 Å². The van der Waals surface area contributed by atoms with Gasteiger partial charge in [0.15, 0.2) is 0 Å². The first-order chi connectivity index (χ1) is 10.5. The molecule has 122 valence electrons. The minimum atomic E-state index is -0.833. The fraction of sp³-hybridized carbons (Fsp3) is 0.667. The van der Waals surface area contributed by atoms with E-state index in [2.05, 4.69) is 0 Å². The molecule has 1 saturated heterocycles. The Balaban J connectivity index is 1.58. The molecule has 1 unspecified atom stereocenters. The van der Waals surface area contributed by atoms with Gasteiger partial charge < -0.3 is 14.8 Å². The predicted molar refractivity (Wildman–Crippen MR) is 77.0 cm³/mol. The highest BCUT2D eigenvalue weighted by Crippen LogP contribution is 2.19. The summed E-state index contributed by atoms with van der Waals surface area (Å²) in [6, 6.07) is -0.0494. The molecule has 7 nitrogen and oxygen atoms in total. The SMILES string of the molecule is CC1CCC(=O)N1OC(=O)CCCCCN1C(=O)C=C[C@@H]1O. The van der Waals surface area contributed by atoms with Gasteiger partial charge in [0.05, 0.1) is 6.04 Å². The average molecular weight is 310 g/mol. The van der Waals surface area contributed by atoms with Crippen LogP contribution in [-0.4, -0.2) is 51.7 Å². The van der Waals surface area contributed by atoms with Crippen LogP contribution in [0.15, 0.2) is 12.2 Å². The van der Waals surface area contributed by atoms with Crippen molar-refractivity contribution in [3.05, 3.63) is 12.2 Å². The lowest BCUT2D eigenvalue weighted by atomic mass is 10.2. The third-order valence-electron chi connectivity index (χ3n) is 3.92. The number of hydrogen-bond acceptors (Lipinski definition) is 5. The summed E-state index contributed by atoms with van der Waals surface area (Å²) in [6.07, 6.45) is 5.43. The molecule has 7 heteroatoms. The number of amides is 2. The summed E-state index contributed by atoms with van der Waals surface area (Å²) in [4.78, 5) is 41.0. The molecule has 0 aromatic carbocycles. The van der Waals surface area contributed by atoms with Crippen LogP contribution >= 0.6 is 0 Å². The molecule has 0 aromatic rings. The molecule has 2 aliphatic rings. The zero-order valence-corrected chi connectivity index (χ0v) is 12.7. The lowest BCUT2D eigenvalue weighted by Gasteiger charge is -2.20. The first-order valence-electron chi connectivity index (χ1n) is 7.69. The van der Waals surface area contributed by atoms with Gasteiger partial charge in [0.2, 0.25) is 5.91 Å². The predicted octanol–water partition coefficient (Wildman–Crippen LogP) is 0.733. The molecule has 1 fully saturated rings. The maximum atomic E-state index is 11.7. The molecule has 0 saturated carbocycles. The number of aliphatic hydroxyl groups is 1. The van der Waals surface area contributed by atoms with Gasteiger partial charge in [0, 0.05) is 25.5 Å². The Labute approximate surface area is 129 Å². The fourth-order valence-electron chi connectivity index (χ4n) is 2.57. The second-order valence-corrected chi connectivity index (χ2v) is 5.69. The van der Waals surface area contributed by atoms with E-state index < -0.39 is 12.2 Å². The van der Waals surface area contributed by atoms with Crippen LogP contribution in [0.5, 0.6) is 0 Å². The standard InChI is InChI=1S/C15H22N2O5/c1-11-6-7-14(20)17(11)22-15(21)5-3-2-4-10-16-12(18)8-9-13(16)19/h8-9,11-12,18H,2-7,10H2,1H3/t11?,12-/m0/s1. The van der Waals surface area contributed by atoms with E-state index in [4.69, 9.17) is 4.84 Å². The van der Waals surface area contributed by atoms with Gasteiger partial charge in [-0.3, -0.25) is 9.59 Å². The summed E-state index contributed by atoms with van der Waals surface area (Å²) < 4.78 is 0. The molecule has 0 spiro atoms. The van der Waals surface area contributed by atoms with Crippen molar-refractivity contribution in [1.29, 1.82) is 0 Å². The van der Waals surface area contributed by atoms with Crippen LogP contribution in [0.3, 0.4) is 0 Å². The molecule has 2 amide bonds. The molecule has 0 aromatic heterocycles. The van der Waals surface area contributed by atoms with E-state index in [0.29, 0.717) is 32.2 Å². The van der Waals surface area contributed by atoms with Crippen LogP contribution in [0, 0.1) is 0 Å². The highest BCUT2D eigenvalue weighted by Gasteiger charge is 2.31. The van der Waals surface area contributed by atoms with Crippen molar-refractivity contribution in [1.82, 2.24) is 9.96 Å². The highest BCUT2D eigenvalue weighted by molar-refractivity contribution is 5.90. The van der Waals surface area contributed by atoms with E-state index in [0.717, 1.165) is 6.42 Å². The molecule has 22 heavy (non-hydrogen) atoms. The summed E-state index contributed by atoms with van der Waals surface area (Å²) in [5.41, 5.74) is 0. The van der Waals surface area contributed by atoms with Crippen molar-refractivity contribution < 1.29 is 24.3 Å². The zero-order chi connectivity index (χ0) is 16.1. The molecule has 0 radical (unpaired) electrons. The number of nitrogens with zero attached hydrogens (tertiary/aromatic N) is 2. The largest absolute Gasteiger partial charge is 0.370 e. The smallest absolute Gasteiger partial charge is 0.332 e. The average Bonchev–Trinajstić information content (AvgIpc) is 2.96. The Morgan fingerprint density at radius 3 is 2.73 bits per heavy atom. The van der Waals surface area contributed by atoms with Gasteiger partial charge in [-0.2, -0.15) is 5.06 Å². The summed E-state index contributed by atoms with van der Waals surface area (Å²) >= 11 is 0. The van der Waals surface area contributed by atoms with Gasteiger partial charge in [-0.1, -0.05) is 6.42 Å². The van der Waals surface area contributed by atoms with Gasteiger partial charge in [-0.25, -0.2) is 4.79 Å². The lowest BCUT2D eigenvalue weighted by molar-refractivity contribution is -0.199. The van der Waals surface area contributed by atoms with Crippen molar-refractivity contribution in [3.8, 4) is 0 Å². The van der Waals surface area contributed by atoms with E-state index in [1.807, 2.05) is 6.92 Å². The van der Waals surface area contributed by atoms with Crippen LogP contribution in [0.25, 0.3) is 0 Å². The van der Waals surface area contributed by atoms with E-state index in [-0.39, 0.29) is 24.3 Å². The Morgan fingerprint density at radius 1 is 1.36 bits per heavy atom. The summed E-state index contributed by atoms with van der Waals surface area (Å²) in [5, 5.41) is 10.7. The van der Waals surface area contributed by atoms with Gasteiger partial charge in [0.25, 0.3) is 5.91 Å². The zero-order valence-electron chi connectivity index (χ0n) is 12.7. The van der Waals surface area contributed by atoms with Gasteiger partial charge in [-0.15, -0.1) is 0 Å². The number of unbranched alkanes of at least 4 members (excludes halogenated alkanes) is 2. The van der Waals surface area contributed by atoms with E-state index in [1.54, 1.807) is 0 Å². The number of hydroxylamine groups is 2. The van der Waals surface area contributed by atoms with E-state index >= 15 is 0 Å². The minimum Gasteiger partial charge on any atom is -0.370 e. The molecule has 2 atom stereocenters. The molecule has 2 heterocycles. The van der Waals surface area contributed by atoms with Crippen LogP contribution in [-0.2, 0) is 19.2 Å². The summed E-state index contributed by atoms with van der Waals surface area (Å²) in [7, 11) is 0. The number of aliphatic hydroxyl groups excluding tert-OH is 1. The van der Waals surface area contributed by atoms with Crippen molar-refractivity contribution in [2.45, 2.75) is 57.7 Å². The third kappa shape index (κ3) is 4.07. The summed E-state index contributed by atoms with van der Waals surface area (Å²) in [6.45, 7) is 2.31. The maximum Gasteiger partial charge on any atom is 0.332 e. The van der Waals surface area contributed by atoms with E-state index in [1.165, 1.54) is 22.1 Å². The number of carbonyl (C=O) groups is 3. The fourth-order valence-corrected chi connectivity index (χ4v) is 2.57. The van der Waals surface area contributed by atoms with Crippen molar-refractivity contribution in [2.24, 2.45) is 0 Å². The summed E-state index contributed by atoms with van der Waals surface area (Å²) in [5.74, 6) is -0.732. The second-order valence-electron chi connectivity index (χ2n) is 5.69. The first kappa shape index (κ1) is 16.5. The highest BCUT2D eigenvalue weighted by atomic mass is 16.7. The van der Waals surface area contributed by atoms with Crippen molar-refractivity contribution in [2.75, 3.05) is 6.54 Å². The quantitative estimate of drug-likeness (QED) is 0.701. The van der Waals surface area contributed by atoms with Crippen LogP contribution in [0.2, 0.25) is 0 Å². The molecule has 1 N–H and O–H groups in total. The Bertz CT molecular complexity index is 477. The number of hydrogen-bond donors (Lipinski definition) is 1. The Morgan fingerprint density at radius 2 is 2.14 bits per heavy atom. The second kappa shape index (κ2) is 7.40. The van der Waals surface area contributed by atoms with Crippen LogP contribution in [0.1, 0.15) is 45.4 Å². The molecule has 2 rings (SSSR count). The van der Waals surface area contributed by atoms with E-state index in [9.17, 15) is 19.5 Å². The first-order valence-corrected chi connectivity index (χ1v) is 7.69. The molecule has 0 aliphatic carbocycles. The molecule has 0 bridgehead atoms. The van der Waals surface area contributed by atoms with Gasteiger partial charge >= 0.3 is 5.97 Å². The maximum absolute atomic E-state index is 11.7. The molecular formula is C15H22N2O5. The van der Waals surface area contributed by atoms with Crippen molar-refractivity contribution in [3.63, 3.8) is 0 Å². The normalized spacial score (nSPS) is 24.5. The van der Waals surface area contributed by atoms with Gasteiger partial charge in [-0.05, 0) is 32.3 Å². The number of carbonyl (C=O) groups excluding carboxylic acids is 3. The van der Waals surface area contributed by atoms with Crippen molar-refractivity contribution >= 4 is 17.8 Å². The monoisotopic (exact) mass is 310 g/mol. The van der Waals surface area contributed by atoms with Crippen LogP contribution in [0.4, 0.5) is 0 Å². The Kier molecular flexibility index (Phi) is 5.54. The molecule has 2 aliphatic heterocycles. The Hall–Kier alpha value is -1.89. The topological polar surface area (TPSA) is 87.2 Å².